The van der Waals surface area contributed by atoms with Gasteiger partial charge in [-0.2, -0.15) is 0 Å². The molecule has 1 atom stereocenters. The summed E-state index contributed by atoms with van der Waals surface area (Å²) in [5.74, 6) is 0.557. The first kappa shape index (κ1) is 16.1. The van der Waals surface area contributed by atoms with Crippen molar-refractivity contribution in [2.75, 3.05) is 0 Å². The summed E-state index contributed by atoms with van der Waals surface area (Å²) in [6.45, 7) is 4.31. The molecule has 0 saturated heterocycles. The zero-order valence-electron chi connectivity index (χ0n) is 13.2. The molecule has 0 aliphatic carbocycles. The van der Waals surface area contributed by atoms with Gasteiger partial charge in [0, 0.05) is 30.7 Å². The normalized spacial score (nSPS) is 12.1. The molecule has 0 aromatic carbocycles. The number of carbonyl (C=O) groups is 1. The van der Waals surface area contributed by atoms with Gasteiger partial charge in [0.15, 0.2) is 0 Å². The van der Waals surface area contributed by atoms with Crippen LogP contribution < -0.4 is 5.32 Å². The van der Waals surface area contributed by atoms with Crippen molar-refractivity contribution < 1.29 is 4.79 Å². The Labute approximate surface area is 132 Å². The second-order valence-electron chi connectivity index (χ2n) is 5.86. The molecule has 22 heavy (non-hydrogen) atoms. The van der Waals surface area contributed by atoms with Gasteiger partial charge in [-0.3, -0.25) is 14.8 Å². The zero-order chi connectivity index (χ0) is 15.8. The van der Waals surface area contributed by atoms with Gasteiger partial charge in [0.1, 0.15) is 0 Å². The Morgan fingerprint density at radius 1 is 1.18 bits per heavy atom. The van der Waals surface area contributed by atoms with Gasteiger partial charge in [0.2, 0.25) is 5.91 Å². The van der Waals surface area contributed by atoms with E-state index in [4.69, 9.17) is 0 Å². The smallest absolute Gasteiger partial charge is 0.220 e. The summed E-state index contributed by atoms with van der Waals surface area (Å²) in [5.41, 5.74) is 2.00. The molecule has 2 heterocycles. The number of carbonyl (C=O) groups excluding carboxylic acids is 1. The van der Waals surface area contributed by atoms with Crippen molar-refractivity contribution in [1.29, 1.82) is 0 Å². The highest BCUT2D eigenvalue weighted by Gasteiger charge is 2.16. The molecule has 116 valence electrons. The Hall–Kier alpha value is -2.23. The fraction of sp³-hybridized carbons (Fsp3) is 0.389. The van der Waals surface area contributed by atoms with Crippen LogP contribution in [0.1, 0.15) is 44.0 Å². The molecule has 2 aromatic rings. The van der Waals surface area contributed by atoms with Gasteiger partial charge in [0.25, 0.3) is 0 Å². The quantitative estimate of drug-likeness (QED) is 0.853. The van der Waals surface area contributed by atoms with Crippen LogP contribution in [-0.2, 0) is 11.2 Å². The monoisotopic (exact) mass is 297 g/mol. The van der Waals surface area contributed by atoms with E-state index in [2.05, 4.69) is 29.1 Å². The third-order valence-electron chi connectivity index (χ3n) is 3.46. The van der Waals surface area contributed by atoms with Gasteiger partial charge in [-0.25, -0.2) is 0 Å². The van der Waals surface area contributed by atoms with Crippen LogP contribution in [0.15, 0.2) is 48.9 Å². The van der Waals surface area contributed by atoms with Crippen molar-refractivity contribution >= 4 is 5.91 Å². The first-order valence-electron chi connectivity index (χ1n) is 7.74. The molecule has 4 heteroatoms. The van der Waals surface area contributed by atoms with E-state index in [0.29, 0.717) is 18.8 Å². The van der Waals surface area contributed by atoms with Crippen molar-refractivity contribution in [3.63, 3.8) is 0 Å². The summed E-state index contributed by atoms with van der Waals surface area (Å²) in [6.07, 6.45) is 7.34. The lowest BCUT2D eigenvalue weighted by Gasteiger charge is -2.20. The molecule has 0 aliphatic rings. The maximum atomic E-state index is 12.2. The van der Waals surface area contributed by atoms with E-state index < -0.39 is 0 Å². The van der Waals surface area contributed by atoms with Crippen LogP contribution in [0, 0.1) is 5.92 Å². The van der Waals surface area contributed by atoms with E-state index in [1.54, 1.807) is 12.4 Å². The van der Waals surface area contributed by atoms with Crippen LogP contribution in [0.2, 0.25) is 0 Å². The zero-order valence-corrected chi connectivity index (χ0v) is 13.2. The van der Waals surface area contributed by atoms with E-state index in [9.17, 15) is 4.79 Å². The predicted molar refractivity (Wildman–Crippen MR) is 87.1 cm³/mol. The SMILES string of the molecule is CC(C)CC(NC(=O)CCc1ccccn1)c1cccnc1. The number of rotatable bonds is 7. The van der Waals surface area contributed by atoms with Crippen molar-refractivity contribution in [1.82, 2.24) is 15.3 Å². The maximum absolute atomic E-state index is 12.2. The first-order chi connectivity index (χ1) is 10.6. The number of hydrogen-bond acceptors (Lipinski definition) is 3. The number of hydrogen-bond donors (Lipinski definition) is 1. The topological polar surface area (TPSA) is 54.9 Å². The highest BCUT2D eigenvalue weighted by molar-refractivity contribution is 5.76. The first-order valence-corrected chi connectivity index (χ1v) is 7.74. The van der Waals surface area contributed by atoms with E-state index >= 15 is 0 Å². The highest BCUT2D eigenvalue weighted by atomic mass is 16.1. The van der Waals surface area contributed by atoms with Gasteiger partial charge >= 0.3 is 0 Å². The minimum atomic E-state index is 0.0185. The van der Waals surface area contributed by atoms with E-state index in [-0.39, 0.29) is 11.9 Å². The lowest BCUT2D eigenvalue weighted by Crippen LogP contribution is -2.29. The molecule has 1 unspecified atom stereocenters. The van der Waals surface area contributed by atoms with Crippen LogP contribution in [0.25, 0.3) is 0 Å². The molecule has 1 amide bonds. The largest absolute Gasteiger partial charge is 0.349 e. The summed E-state index contributed by atoms with van der Waals surface area (Å²) in [4.78, 5) is 20.6. The summed E-state index contributed by atoms with van der Waals surface area (Å²) < 4.78 is 0. The van der Waals surface area contributed by atoms with E-state index in [1.807, 2.05) is 36.5 Å². The molecule has 0 spiro atoms. The van der Waals surface area contributed by atoms with Gasteiger partial charge in [-0.05, 0) is 42.5 Å². The molecule has 0 fully saturated rings. The van der Waals surface area contributed by atoms with Gasteiger partial charge in [0.05, 0.1) is 6.04 Å². The molecule has 0 aliphatic heterocycles. The summed E-state index contributed by atoms with van der Waals surface area (Å²) in [5, 5.41) is 3.13. The Balaban J connectivity index is 1.93. The van der Waals surface area contributed by atoms with Crippen LogP contribution in [0.5, 0.6) is 0 Å². The molecule has 1 N–H and O–H groups in total. The lowest BCUT2D eigenvalue weighted by molar-refractivity contribution is -0.121. The van der Waals surface area contributed by atoms with Crippen LogP contribution in [-0.4, -0.2) is 15.9 Å². The number of amides is 1. The third-order valence-corrected chi connectivity index (χ3v) is 3.46. The molecular weight excluding hydrogens is 274 g/mol. The molecule has 0 bridgehead atoms. The molecule has 4 nitrogen and oxygen atoms in total. The number of aromatic nitrogens is 2. The summed E-state index contributed by atoms with van der Waals surface area (Å²) in [6, 6.07) is 9.70. The molecular formula is C18H23N3O. The van der Waals surface area contributed by atoms with E-state index in [0.717, 1.165) is 17.7 Å². The Morgan fingerprint density at radius 2 is 2.05 bits per heavy atom. The Bertz CT molecular complexity index is 569. The van der Waals surface area contributed by atoms with Crippen LogP contribution in [0.4, 0.5) is 0 Å². The summed E-state index contributed by atoms with van der Waals surface area (Å²) in [7, 11) is 0. The molecule has 2 aromatic heterocycles. The summed E-state index contributed by atoms with van der Waals surface area (Å²) >= 11 is 0. The fourth-order valence-corrected chi connectivity index (χ4v) is 2.39. The van der Waals surface area contributed by atoms with Crippen molar-refractivity contribution in [2.24, 2.45) is 5.92 Å². The molecule has 0 saturated carbocycles. The van der Waals surface area contributed by atoms with Crippen molar-refractivity contribution in [3.05, 3.63) is 60.2 Å². The molecule has 2 rings (SSSR count). The Morgan fingerprint density at radius 3 is 2.68 bits per heavy atom. The van der Waals surface area contributed by atoms with Gasteiger partial charge in [-0.15, -0.1) is 0 Å². The maximum Gasteiger partial charge on any atom is 0.220 e. The number of aryl methyl sites for hydroxylation is 1. The van der Waals surface area contributed by atoms with Crippen molar-refractivity contribution in [2.45, 2.75) is 39.2 Å². The number of pyridine rings is 2. The second kappa shape index (κ2) is 8.27. The minimum Gasteiger partial charge on any atom is -0.349 e. The predicted octanol–water partition coefficient (Wildman–Crippen LogP) is 3.31. The second-order valence-corrected chi connectivity index (χ2v) is 5.86. The average Bonchev–Trinajstić information content (AvgIpc) is 2.54. The lowest BCUT2D eigenvalue weighted by atomic mass is 9.98. The minimum absolute atomic E-state index is 0.0185. The standard InChI is InChI=1S/C18H23N3O/c1-14(2)12-17(15-6-5-10-19-13-15)21-18(22)9-8-16-7-3-4-11-20-16/h3-7,10-11,13-14,17H,8-9,12H2,1-2H3,(H,21,22). The highest BCUT2D eigenvalue weighted by Crippen LogP contribution is 2.20. The van der Waals surface area contributed by atoms with Crippen molar-refractivity contribution in [3.8, 4) is 0 Å². The number of nitrogens with one attached hydrogen (secondary N) is 1. The van der Waals surface area contributed by atoms with Crippen LogP contribution in [0.3, 0.4) is 0 Å². The van der Waals surface area contributed by atoms with Crippen LogP contribution >= 0.6 is 0 Å². The van der Waals surface area contributed by atoms with Gasteiger partial charge in [-0.1, -0.05) is 26.0 Å². The Kier molecular flexibility index (Phi) is 6.07. The fourth-order valence-electron chi connectivity index (χ4n) is 2.39. The average molecular weight is 297 g/mol. The third kappa shape index (κ3) is 5.28. The molecule has 0 radical (unpaired) electrons. The van der Waals surface area contributed by atoms with Gasteiger partial charge < -0.3 is 5.32 Å². The van der Waals surface area contributed by atoms with E-state index in [1.165, 1.54) is 0 Å². The number of nitrogens with zero attached hydrogens (tertiary/aromatic N) is 2.